The highest BCUT2D eigenvalue weighted by molar-refractivity contribution is 9.10. The minimum absolute atomic E-state index is 0.241. The van der Waals surface area contributed by atoms with E-state index in [9.17, 15) is 8.78 Å². The van der Waals surface area contributed by atoms with Crippen LogP contribution in [0.2, 0.25) is 0 Å². The number of hydrogen-bond acceptors (Lipinski definition) is 3. The Morgan fingerprint density at radius 2 is 1.95 bits per heavy atom. The second-order valence-electron chi connectivity index (χ2n) is 4.13. The summed E-state index contributed by atoms with van der Waals surface area (Å²) in [4.78, 5) is 0. The highest BCUT2D eigenvalue weighted by atomic mass is 79.9. The van der Waals surface area contributed by atoms with E-state index in [0.717, 1.165) is 0 Å². The number of hydrazine groups is 1. The Bertz CT molecular complexity index is 622. The van der Waals surface area contributed by atoms with Crippen LogP contribution in [0.4, 0.5) is 8.78 Å². The molecule has 1 unspecified atom stereocenters. The molecule has 3 nitrogen and oxygen atoms in total. The lowest BCUT2D eigenvalue weighted by molar-refractivity contribution is 0.410. The van der Waals surface area contributed by atoms with Crippen molar-refractivity contribution in [3.05, 3.63) is 63.6 Å². The van der Waals surface area contributed by atoms with Gasteiger partial charge in [0.25, 0.3) is 0 Å². The minimum Gasteiger partial charge on any atom is -0.497 e. The molecule has 0 saturated carbocycles. The third-order valence-electron chi connectivity index (χ3n) is 2.98. The van der Waals surface area contributed by atoms with Gasteiger partial charge in [0.2, 0.25) is 0 Å². The first-order valence-corrected chi connectivity index (χ1v) is 6.61. The van der Waals surface area contributed by atoms with Crippen LogP contribution in [0.5, 0.6) is 5.75 Å². The maximum atomic E-state index is 14.1. The van der Waals surface area contributed by atoms with Gasteiger partial charge >= 0.3 is 0 Å². The predicted molar refractivity (Wildman–Crippen MR) is 76.2 cm³/mol. The van der Waals surface area contributed by atoms with E-state index in [4.69, 9.17) is 10.6 Å². The zero-order chi connectivity index (χ0) is 14.7. The summed E-state index contributed by atoms with van der Waals surface area (Å²) in [7, 11) is 1.45. The van der Waals surface area contributed by atoms with Gasteiger partial charge in [0.05, 0.1) is 17.6 Å². The van der Waals surface area contributed by atoms with Crippen molar-refractivity contribution in [2.24, 2.45) is 5.84 Å². The number of rotatable bonds is 4. The predicted octanol–water partition coefficient (Wildman–Crippen LogP) is 3.29. The zero-order valence-corrected chi connectivity index (χ0v) is 12.2. The summed E-state index contributed by atoms with van der Waals surface area (Å²) < 4.78 is 33.4. The average Bonchev–Trinajstić information content (AvgIpc) is 2.45. The number of hydrogen-bond donors (Lipinski definition) is 2. The van der Waals surface area contributed by atoms with Gasteiger partial charge in [-0.05, 0) is 28.1 Å². The van der Waals surface area contributed by atoms with Crippen molar-refractivity contribution in [3.63, 3.8) is 0 Å². The molecule has 6 heteroatoms. The molecular formula is C14H13BrF2N2O. The summed E-state index contributed by atoms with van der Waals surface area (Å²) in [6.07, 6.45) is 0. The first kappa shape index (κ1) is 14.9. The molecule has 0 bridgehead atoms. The SMILES string of the molecule is COc1ccc(C(NN)c2cccc(Br)c2F)c(F)c1. The quantitative estimate of drug-likeness (QED) is 0.662. The van der Waals surface area contributed by atoms with E-state index in [1.54, 1.807) is 24.3 Å². The fraction of sp³-hybridized carbons (Fsp3) is 0.143. The van der Waals surface area contributed by atoms with E-state index in [0.29, 0.717) is 10.2 Å². The summed E-state index contributed by atoms with van der Waals surface area (Å²) in [6.45, 7) is 0. The molecule has 1 atom stereocenters. The molecule has 106 valence electrons. The molecule has 0 spiro atoms. The third-order valence-corrected chi connectivity index (χ3v) is 3.59. The maximum absolute atomic E-state index is 14.1. The molecule has 2 aromatic carbocycles. The number of nitrogens with two attached hydrogens (primary N) is 1. The summed E-state index contributed by atoms with van der Waals surface area (Å²) in [6, 6.07) is 8.32. The highest BCUT2D eigenvalue weighted by Crippen LogP contribution is 2.30. The van der Waals surface area contributed by atoms with E-state index in [2.05, 4.69) is 21.4 Å². The Labute approximate surface area is 123 Å². The van der Waals surface area contributed by atoms with Gasteiger partial charge in [0.1, 0.15) is 17.4 Å². The Balaban J connectivity index is 2.50. The second kappa shape index (κ2) is 6.30. The lowest BCUT2D eigenvalue weighted by atomic mass is 9.98. The maximum Gasteiger partial charge on any atom is 0.142 e. The summed E-state index contributed by atoms with van der Waals surface area (Å²) in [5.41, 5.74) is 2.94. The first-order valence-electron chi connectivity index (χ1n) is 5.82. The molecule has 0 amide bonds. The average molecular weight is 343 g/mol. The molecular weight excluding hydrogens is 330 g/mol. The van der Waals surface area contributed by atoms with Gasteiger partial charge in [-0.1, -0.05) is 18.2 Å². The standard InChI is InChI=1S/C14H13BrF2N2O/c1-20-8-5-6-9(12(16)7-8)14(19-18)10-3-2-4-11(15)13(10)17/h2-7,14,19H,18H2,1H3. The van der Waals surface area contributed by atoms with Gasteiger partial charge in [0, 0.05) is 17.2 Å². The Kier molecular flexibility index (Phi) is 4.69. The van der Waals surface area contributed by atoms with Crippen molar-refractivity contribution in [1.82, 2.24) is 5.43 Å². The number of halogens is 3. The molecule has 3 N–H and O–H groups in total. The fourth-order valence-electron chi connectivity index (χ4n) is 1.96. The topological polar surface area (TPSA) is 47.3 Å². The molecule has 0 aliphatic carbocycles. The van der Waals surface area contributed by atoms with Crippen LogP contribution in [-0.4, -0.2) is 7.11 Å². The molecule has 0 fully saturated rings. The molecule has 0 heterocycles. The van der Waals surface area contributed by atoms with E-state index in [1.165, 1.54) is 19.2 Å². The Hall–Kier alpha value is -1.50. The van der Waals surface area contributed by atoms with E-state index < -0.39 is 17.7 Å². The number of nitrogens with one attached hydrogen (secondary N) is 1. The fourth-order valence-corrected chi connectivity index (χ4v) is 2.34. The van der Waals surface area contributed by atoms with E-state index >= 15 is 0 Å². The largest absolute Gasteiger partial charge is 0.497 e. The molecule has 0 aliphatic heterocycles. The van der Waals surface area contributed by atoms with Crippen molar-refractivity contribution in [2.45, 2.75) is 6.04 Å². The van der Waals surface area contributed by atoms with Gasteiger partial charge in [-0.2, -0.15) is 0 Å². The van der Waals surface area contributed by atoms with Crippen LogP contribution >= 0.6 is 15.9 Å². The van der Waals surface area contributed by atoms with Crippen LogP contribution in [0.15, 0.2) is 40.9 Å². The summed E-state index contributed by atoms with van der Waals surface area (Å²) in [5.74, 6) is 4.85. The number of methoxy groups -OCH3 is 1. The van der Waals surface area contributed by atoms with E-state index in [1.807, 2.05) is 0 Å². The monoisotopic (exact) mass is 342 g/mol. The molecule has 2 rings (SSSR count). The number of ether oxygens (including phenoxy) is 1. The van der Waals surface area contributed by atoms with Crippen LogP contribution in [-0.2, 0) is 0 Å². The zero-order valence-electron chi connectivity index (χ0n) is 10.7. The summed E-state index contributed by atoms with van der Waals surface area (Å²) in [5, 5.41) is 0. The van der Waals surface area contributed by atoms with Crippen molar-refractivity contribution < 1.29 is 13.5 Å². The minimum atomic E-state index is -0.793. The van der Waals surface area contributed by atoms with Crippen molar-refractivity contribution in [2.75, 3.05) is 7.11 Å². The van der Waals surface area contributed by atoms with Gasteiger partial charge < -0.3 is 4.74 Å². The normalized spacial score (nSPS) is 12.2. The Morgan fingerprint density at radius 1 is 1.20 bits per heavy atom. The number of benzene rings is 2. The lowest BCUT2D eigenvalue weighted by Gasteiger charge is -2.19. The van der Waals surface area contributed by atoms with Gasteiger partial charge in [0.15, 0.2) is 0 Å². The Morgan fingerprint density at radius 3 is 2.55 bits per heavy atom. The molecule has 2 aromatic rings. The summed E-state index contributed by atoms with van der Waals surface area (Å²) >= 11 is 3.10. The van der Waals surface area contributed by atoms with Gasteiger partial charge in [-0.15, -0.1) is 0 Å². The second-order valence-corrected chi connectivity index (χ2v) is 4.98. The lowest BCUT2D eigenvalue weighted by Crippen LogP contribution is -2.30. The molecule has 0 saturated heterocycles. The van der Waals surface area contributed by atoms with Crippen LogP contribution in [0.3, 0.4) is 0 Å². The molecule has 0 aromatic heterocycles. The van der Waals surface area contributed by atoms with Crippen molar-refractivity contribution >= 4 is 15.9 Å². The molecule has 0 radical (unpaired) electrons. The molecule has 0 aliphatic rings. The van der Waals surface area contributed by atoms with Crippen LogP contribution in [0, 0.1) is 11.6 Å². The van der Waals surface area contributed by atoms with Crippen molar-refractivity contribution in [1.29, 1.82) is 0 Å². The van der Waals surface area contributed by atoms with Gasteiger partial charge in [-0.3, -0.25) is 5.84 Å². The van der Waals surface area contributed by atoms with Crippen LogP contribution < -0.4 is 16.0 Å². The van der Waals surface area contributed by atoms with Crippen LogP contribution in [0.1, 0.15) is 17.2 Å². The van der Waals surface area contributed by atoms with Gasteiger partial charge in [-0.25, -0.2) is 14.2 Å². The van der Waals surface area contributed by atoms with E-state index in [-0.39, 0.29) is 11.1 Å². The van der Waals surface area contributed by atoms with Crippen LogP contribution in [0.25, 0.3) is 0 Å². The third kappa shape index (κ3) is 2.82. The molecule has 20 heavy (non-hydrogen) atoms. The smallest absolute Gasteiger partial charge is 0.142 e. The first-order chi connectivity index (χ1) is 9.58. The van der Waals surface area contributed by atoms with Crippen molar-refractivity contribution in [3.8, 4) is 5.75 Å². The highest BCUT2D eigenvalue weighted by Gasteiger charge is 2.21.